The Balaban J connectivity index is 1.75. The molecule has 23 heavy (non-hydrogen) atoms. The predicted molar refractivity (Wildman–Crippen MR) is 84.3 cm³/mol. The summed E-state index contributed by atoms with van der Waals surface area (Å²) >= 11 is 5.60. The van der Waals surface area contributed by atoms with Crippen LogP contribution in [0.3, 0.4) is 0 Å². The lowest BCUT2D eigenvalue weighted by Crippen LogP contribution is -2.62. The molecule has 2 atom stereocenters. The third-order valence-electron chi connectivity index (χ3n) is 5.08. The van der Waals surface area contributed by atoms with Crippen molar-refractivity contribution in [3.8, 4) is 0 Å². The number of carbonyl (C=O) groups is 2. The summed E-state index contributed by atoms with van der Waals surface area (Å²) in [5.74, 6) is 0.335. The van der Waals surface area contributed by atoms with Gasteiger partial charge in [-0.2, -0.15) is 0 Å². The molecule has 130 valence electrons. The van der Waals surface area contributed by atoms with Crippen LogP contribution in [0, 0.1) is 11.8 Å². The van der Waals surface area contributed by atoms with Gasteiger partial charge in [0.05, 0.1) is 0 Å². The smallest absolute Gasteiger partial charge is 0.458 e. The molecule has 4 aliphatic carbocycles. The molecule has 4 rings (SSSR count). The largest absolute Gasteiger partial charge is 0.509 e. The zero-order valence-corrected chi connectivity index (χ0v) is 14.8. The lowest BCUT2D eigenvalue weighted by atomic mass is 9.52. The number of esters is 1. The van der Waals surface area contributed by atoms with Crippen molar-refractivity contribution < 1.29 is 23.8 Å². The average Bonchev–Trinajstić information content (AvgIpc) is 2.32. The Bertz CT molecular complexity index is 496. The first kappa shape index (κ1) is 16.9. The summed E-state index contributed by atoms with van der Waals surface area (Å²) in [6.45, 7) is 5.45. The number of hydrogen-bond donors (Lipinski definition) is 0. The van der Waals surface area contributed by atoms with Gasteiger partial charge in [-0.1, -0.05) is 0 Å². The highest BCUT2D eigenvalue weighted by molar-refractivity contribution is 6.26. The van der Waals surface area contributed by atoms with Crippen molar-refractivity contribution in [3.05, 3.63) is 0 Å². The van der Waals surface area contributed by atoms with E-state index in [9.17, 15) is 9.59 Å². The molecule has 5 nitrogen and oxygen atoms in total. The van der Waals surface area contributed by atoms with E-state index in [1.807, 2.05) is 20.8 Å². The van der Waals surface area contributed by atoms with Crippen LogP contribution in [0.25, 0.3) is 0 Å². The maximum atomic E-state index is 12.2. The summed E-state index contributed by atoms with van der Waals surface area (Å²) in [5, 5.41) is 0. The van der Waals surface area contributed by atoms with Crippen LogP contribution >= 0.6 is 11.6 Å². The standard InChI is InChI=1S/C17H25ClO5/c1-15(2,3)22-14(20)23-17-7-11-4-12(8-17)6-16(5-11,10-17)21-13(19)9-18/h11-12H,4-10H2,1-3H3. The summed E-state index contributed by atoms with van der Waals surface area (Å²) < 4.78 is 16.8. The van der Waals surface area contributed by atoms with Gasteiger partial charge in [0, 0.05) is 6.42 Å². The molecule has 4 saturated carbocycles. The van der Waals surface area contributed by atoms with Gasteiger partial charge in [-0.05, 0) is 64.7 Å². The Morgan fingerprint density at radius 3 is 2.04 bits per heavy atom. The SMILES string of the molecule is CC(C)(C)OC(=O)OC12CC3CC(CC(OC(=O)CCl)(C3)C1)C2. The van der Waals surface area contributed by atoms with Crippen LogP contribution in [-0.4, -0.2) is 34.8 Å². The highest BCUT2D eigenvalue weighted by atomic mass is 35.5. The summed E-state index contributed by atoms with van der Waals surface area (Å²) in [7, 11) is 0. The summed E-state index contributed by atoms with van der Waals surface area (Å²) in [6, 6.07) is 0. The monoisotopic (exact) mass is 344 g/mol. The number of halogens is 1. The highest BCUT2D eigenvalue weighted by Crippen LogP contribution is 2.60. The van der Waals surface area contributed by atoms with Gasteiger partial charge >= 0.3 is 12.1 Å². The lowest BCUT2D eigenvalue weighted by Gasteiger charge is -2.59. The number of alkyl halides is 1. The van der Waals surface area contributed by atoms with Crippen molar-refractivity contribution >= 4 is 23.7 Å². The third kappa shape index (κ3) is 3.59. The molecule has 0 N–H and O–H groups in total. The van der Waals surface area contributed by atoms with E-state index in [0.717, 1.165) is 32.1 Å². The van der Waals surface area contributed by atoms with Gasteiger partial charge in [0.2, 0.25) is 0 Å². The quantitative estimate of drug-likeness (QED) is 0.575. The van der Waals surface area contributed by atoms with Gasteiger partial charge < -0.3 is 14.2 Å². The Labute approximate surface area is 142 Å². The van der Waals surface area contributed by atoms with Crippen molar-refractivity contribution in [2.45, 2.75) is 76.1 Å². The fourth-order valence-electron chi connectivity index (χ4n) is 5.05. The first-order valence-electron chi connectivity index (χ1n) is 8.32. The summed E-state index contributed by atoms with van der Waals surface area (Å²) in [4.78, 5) is 23.9. The molecule has 0 aromatic rings. The summed E-state index contributed by atoms with van der Waals surface area (Å²) in [6.07, 6.45) is 4.44. The minimum absolute atomic E-state index is 0.142. The number of rotatable bonds is 3. The first-order chi connectivity index (χ1) is 10.6. The minimum Gasteiger partial charge on any atom is -0.458 e. The van der Waals surface area contributed by atoms with Crippen LogP contribution in [0.15, 0.2) is 0 Å². The van der Waals surface area contributed by atoms with Gasteiger partial charge in [-0.3, -0.25) is 4.79 Å². The number of hydrogen-bond acceptors (Lipinski definition) is 5. The molecule has 2 unspecified atom stereocenters. The zero-order valence-electron chi connectivity index (χ0n) is 14.0. The average molecular weight is 345 g/mol. The van der Waals surface area contributed by atoms with E-state index in [1.165, 1.54) is 0 Å². The molecule has 0 spiro atoms. The molecule has 0 aromatic heterocycles. The molecule has 0 saturated heterocycles. The fraction of sp³-hybridized carbons (Fsp3) is 0.882. The van der Waals surface area contributed by atoms with E-state index in [1.54, 1.807) is 0 Å². The molecule has 4 aliphatic rings. The van der Waals surface area contributed by atoms with Crippen LogP contribution in [0.1, 0.15) is 59.3 Å². The molecule has 0 aliphatic heterocycles. The molecule has 0 amide bonds. The Morgan fingerprint density at radius 2 is 1.57 bits per heavy atom. The molecule has 0 aromatic carbocycles. The van der Waals surface area contributed by atoms with Crippen LogP contribution in [0.4, 0.5) is 4.79 Å². The Morgan fingerprint density at radius 1 is 1.04 bits per heavy atom. The molecule has 4 fully saturated rings. The topological polar surface area (TPSA) is 61.8 Å². The fourth-order valence-corrected chi connectivity index (χ4v) is 5.11. The predicted octanol–water partition coefficient (Wildman–Crippen LogP) is 3.81. The zero-order chi connectivity index (χ0) is 16.9. The third-order valence-corrected chi connectivity index (χ3v) is 5.30. The van der Waals surface area contributed by atoms with Crippen LogP contribution in [-0.2, 0) is 19.0 Å². The second kappa shape index (κ2) is 5.54. The maximum Gasteiger partial charge on any atom is 0.509 e. The van der Waals surface area contributed by atoms with Crippen molar-refractivity contribution in [1.29, 1.82) is 0 Å². The maximum absolute atomic E-state index is 12.2. The van der Waals surface area contributed by atoms with Gasteiger partial charge in [0.25, 0.3) is 0 Å². The van der Waals surface area contributed by atoms with Crippen molar-refractivity contribution in [2.75, 3.05) is 5.88 Å². The minimum atomic E-state index is -0.627. The van der Waals surface area contributed by atoms with Crippen molar-refractivity contribution in [1.82, 2.24) is 0 Å². The van der Waals surface area contributed by atoms with Gasteiger partial charge in [0.15, 0.2) is 0 Å². The molecule has 4 bridgehead atoms. The molecule has 6 heteroatoms. The van der Waals surface area contributed by atoms with E-state index >= 15 is 0 Å². The first-order valence-corrected chi connectivity index (χ1v) is 8.86. The van der Waals surface area contributed by atoms with E-state index in [-0.39, 0.29) is 11.8 Å². The van der Waals surface area contributed by atoms with E-state index in [4.69, 9.17) is 25.8 Å². The Hall–Kier alpha value is -0.970. The van der Waals surface area contributed by atoms with Crippen LogP contribution in [0.5, 0.6) is 0 Å². The molecule has 0 heterocycles. The van der Waals surface area contributed by atoms with E-state index < -0.39 is 23.0 Å². The number of ether oxygens (including phenoxy) is 3. The molecular weight excluding hydrogens is 320 g/mol. The van der Waals surface area contributed by atoms with E-state index in [0.29, 0.717) is 18.3 Å². The number of carbonyl (C=O) groups excluding carboxylic acids is 2. The van der Waals surface area contributed by atoms with Crippen molar-refractivity contribution in [2.24, 2.45) is 11.8 Å². The second-order valence-electron chi connectivity index (χ2n) is 8.50. The van der Waals surface area contributed by atoms with Crippen LogP contribution in [0.2, 0.25) is 0 Å². The van der Waals surface area contributed by atoms with Gasteiger partial charge in [-0.25, -0.2) is 4.79 Å². The highest BCUT2D eigenvalue weighted by Gasteiger charge is 2.61. The van der Waals surface area contributed by atoms with Crippen LogP contribution < -0.4 is 0 Å². The summed E-state index contributed by atoms with van der Waals surface area (Å²) in [5.41, 5.74) is -1.65. The van der Waals surface area contributed by atoms with Gasteiger partial charge in [-0.15, -0.1) is 11.6 Å². The normalized spacial score (nSPS) is 38.3. The Kier molecular flexibility index (Phi) is 4.06. The van der Waals surface area contributed by atoms with E-state index in [2.05, 4.69) is 0 Å². The van der Waals surface area contributed by atoms with Gasteiger partial charge in [0.1, 0.15) is 22.7 Å². The molecular formula is C17H25ClO5. The second-order valence-corrected chi connectivity index (χ2v) is 8.77. The lowest BCUT2D eigenvalue weighted by molar-refractivity contribution is -0.223. The van der Waals surface area contributed by atoms with Crippen molar-refractivity contribution in [3.63, 3.8) is 0 Å². The molecule has 0 radical (unpaired) electrons.